The van der Waals surface area contributed by atoms with Crippen molar-refractivity contribution in [3.05, 3.63) is 48.5 Å². The predicted octanol–water partition coefficient (Wildman–Crippen LogP) is 3.70. The number of carbonyl (C=O) groups is 1. The summed E-state index contributed by atoms with van der Waals surface area (Å²) in [5, 5.41) is 0.651. The Kier molecular flexibility index (Phi) is 8.04. The van der Waals surface area contributed by atoms with Crippen molar-refractivity contribution < 1.29 is 14.3 Å². The summed E-state index contributed by atoms with van der Waals surface area (Å²) in [6, 6.07) is 15.1. The van der Waals surface area contributed by atoms with Gasteiger partial charge in [-0.1, -0.05) is 35.6 Å². The van der Waals surface area contributed by atoms with Gasteiger partial charge in [0.15, 0.2) is 11.7 Å². The Morgan fingerprint density at radius 2 is 1.82 bits per heavy atom. The van der Waals surface area contributed by atoms with Crippen LogP contribution in [0.2, 0.25) is 0 Å². The molecule has 0 spiro atoms. The lowest BCUT2D eigenvalue weighted by molar-refractivity contribution is -0.120. The van der Waals surface area contributed by atoms with Crippen molar-refractivity contribution in [3.63, 3.8) is 0 Å². The van der Waals surface area contributed by atoms with Crippen LogP contribution in [-0.2, 0) is 4.79 Å². The van der Waals surface area contributed by atoms with E-state index in [2.05, 4.69) is 4.98 Å². The number of fused-ring (bicyclic) bond motifs is 1. The van der Waals surface area contributed by atoms with E-state index >= 15 is 0 Å². The summed E-state index contributed by atoms with van der Waals surface area (Å²) in [6.45, 7) is 1.22. The Balaban J connectivity index is 0.00000280. The minimum Gasteiger partial charge on any atom is -0.494 e. The summed E-state index contributed by atoms with van der Waals surface area (Å²) in [5.41, 5.74) is 0.770. The molecule has 8 heteroatoms. The highest BCUT2D eigenvalue weighted by Gasteiger charge is 2.21. The zero-order valence-corrected chi connectivity index (χ0v) is 17.8. The SMILES string of the molecule is COc1cccc2sc(N(CCN(C)C)C(=O)COc3ccccc3)nc12.Cl. The molecule has 6 nitrogen and oxygen atoms in total. The molecule has 28 heavy (non-hydrogen) atoms. The number of likely N-dealkylation sites (N-methyl/N-ethyl adjacent to an activating group) is 1. The summed E-state index contributed by atoms with van der Waals surface area (Å²) in [7, 11) is 5.57. The summed E-state index contributed by atoms with van der Waals surface area (Å²) >= 11 is 1.48. The van der Waals surface area contributed by atoms with E-state index in [0.29, 0.717) is 23.2 Å². The van der Waals surface area contributed by atoms with Gasteiger partial charge in [0, 0.05) is 13.1 Å². The number of aromatic nitrogens is 1. The van der Waals surface area contributed by atoms with E-state index < -0.39 is 0 Å². The quantitative estimate of drug-likeness (QED) is 0.555. The fourth-order valence-electron chi connectivity index (χ4n) is 2.56. The third-order valence-corrected chi connectivity index (χ3v) is 5.04. The molecule has 0 bridgehead atoms. The number of rotatable bonds is 8. The van der Waals surface area contributed by atoms with Crippen LogP contribution < -0.4 is 14.4 Å². The van der Waals surface area contributed by atoms with Crippen LogP contribution in [0.15, 0.2) is 48.5 Å². The fraction of sp³-hybridized carbons (Fsp3) is 0.300. The molecule has 1 amide bonds. The van der Waals surface area contributed by atoms with Gasteiger partial charge in [-0.15, -0.1) is 12.4 Å². The number of hydrogen-bond acceptors (Lipinski definition) is 6. The largest absolute Gasteiger partial charge is 0.494 e. The standard InChI is InChI=1S/C20H23N3O3S.ClH/c1-22(2)12-13-23(18(24)14-26-15-8-5-4-6-9-15)20-21-19-16(25-3)10-7-11-17(19)27-20;/h4-11H,12-14H2,1-3H3;1H. The normalized spacial score (nSPS) is 10.6. The van der Waals surface area contributed by atoms with Gasteiger partial charge >= 0.3 is 0 Å². The fourth-order valence-corrected chi connectivity index (χ4v) is 3.58. The van der Waals surface area contributed by atoms with E-state index in [1.54, 1.807) is 12.0 Å². The van der Waals surface area contributed by atoms with Crippen molar-refractivity contribution in [2.75, 3.05) is 45.8 Å². The Hall–Kier alpha value is -2.35. The van der Waals surface area contributed by atoms with Crippen LogP contribution in [0.1, 0.15) is 0 Å². The number of hydrogen-bond donors (Lipinski definition) is 0. The average Bonchev–Trinajstić information content (AvgIpc) is 3.11. The molecular weight excluding hydrogens is 398 g/mol. The number of thiazole rings is 1. The summed E-state index contributed by atoms with van der Waals surface area (Å²) in [6.07, 6.45) is 0. The van der Waals surface area contributed by atoms with Crippen LogP contribution in [0.5, 0.6) is 11.5 Å². The molecule has 3 rings (SSSR count). The van der Waals surface area contributed by atoms with E-state index in [-0.39, 0.29) is 24.9 Å². The van der Waals surface area contributed by atoms with E-state index in [4.69, 9.17) is 9.47 Å². The number of para-hydroxylation sites is 2. The van der Waals surface area contributed by atoms with Gasteiger partial charge in [0.2, 0.25) is 0 Å². The zero-order valence-electron chi connectivity index (χ0n) is 16.1. The first-order valence-electron chi connectivity index (χ1n) is 8.65. The predicted molar refractivity (Wildman–Crippen MR) is 116 cm³/mol. The van der Waals surface area contributed by atoms with E-state index in [1.165, 1.54) is 11.3 Å². The molecule has 3 aromatic rings. The number of methoxy groups -OCH3 is 1. The van der Waals surface area contributed by atoms with Crippen molar-refractivity contribution >= 4 is 45.0 Å². The van der Waals surface area contributed by atoms with Gasteiger partial charge in [-0.25, -0.2) is 4.98 Å². The van der Waals surface area contributed by atoms with Crippen molar-refractivity contribution in [1.82, 2.24) is 9.88 Å². The van der Waals surface area contributed by atoms with Gasteiger partial charge in [0.1, 0.15) is 17.0 Å². The summed E-state index contributed by atoms with van der Waals surface area (Å²) in [5.74, 6) is 1.25. The number of amides is 1. The number of anilines is 1. The van der Waals surface area contributed by atoms with E-state index in [9.17, 15) is 4.79 Å². The number of ether oxygens (including phenoxy) is 2. The molecule has 0 radical (unpaired) electrons. The molecule has 0 saturated heterocycles. The first kappa shape index (κ1) is 21.9. The first-order valence-corrected chi connectivity index (χ1v) is 9.46. The smallest absolute Gasteiger partial charge is 0.266 e. The lowest BCUT2D eigenvalue weighted by atomic mass is 10.3. The number of nitrogens with zero attached hydrogens (tertiary/aromatic N) is 3. The highest BCUT2D eigenvalue weighted by atomic mass is 35.5. The van der Waals surface area contributed by atoms with Crippen LogP contribution in [0.25, 0.3) is 10.2 Å². The molecule has 0 N–H and O–H groups in total. The lowest BCUT2D eigenvalue weighted by Gasteiger charge is -2.22. The maximum atomic E-state index is 12.9. The first-order chi connectivity index (χ1) is 13.1. The van der Waals surface area contributed by atoms with Crippen LogP contribution in [0.3, 0.4) is 0 Å². The van der Waals surface area contributed by atoms with Crippen LogP contribution in [0.4, 0.5) is 5.13 Å². The summed E-state index contributed by atoms with van der Waals surface area (Å²) in [4.78, 5) is 21.3. The number of halogens is 1. The molecule has 0 atom stereocenters. The molecule has 0 saturated carbocycles. The Bertz CT molecular complexity index is 902. The molecule has 2 aromatic carbocycles. The second-order valence-corrected chi connectivity index (χ2v) is 7.26. The number of benzene rings is 2. The second-order valence-electron chi connectivity index (χ2n) is 6.25. The Morgan fingerprint density at radius 1 is 1.07 bits per heavy atom. The van der Waals surface area contributed by atoms with Gasteiger partial charge in [-0.3, -0.25) is 9.69 Å². The molecule has 150 valence electrons. The third kappa shape index (κ3) is 5.34. The second kappa shape index (κ2) is 10.3. The van der Waals surface area contributed by atoms with Gasteiger partial charge in [-0.05, 0) is 38.4 Å². The molecule has 0 aliphatic carbocycles. The summed E-state index contributed by atoms with van der Waals surface area (Å²) < 4.78 is 12.0. The van der Waals surface area contributed by atoms with Crippen molar-refractivity contribution in [1.29, 1.82) is 0 Å². The van der Waals surface area contributed by atoms with Gasteiger partial charge in [0.05, 0.1) is 11.8 Å². The van der Waals surface area contributed by atoms with E-state index in [1.807, 2.05) is 67.5 Å². The van der Waals surface area contributed by atoms with Crippen molar-refractivity contribution in [3.8, 4) is 11.5 Å². The van der Waals surface area contributed by atoms with Gasteiger partial charge in [0.25, 0.3) is 5.91 Å². The minimum absolute atomic E-state index is 0. The maximum Gasteiger partial charge on any atom is 0.266 e. The lowest BCUT2D eigenvalue weighted by Crippen LogP contribution is -2.39. The third-order valence-electron chi connectivity index (χ3n) is 4.00. The molecule has 1 heterocycles. The molecule has 0 fully saturated rings. The zero-order chi connectivity index (χ0) is 19.2. The molecular formula is C20H24ClN3O3S. The molecule has 0 unspecified atom stereocenters. The van der Waals surface area contributed by atoms with Crippen molar-refractivity contribution in [2.24, 2.45) is 0 Å². The van der Waals surface area contributed by atoms with Crippen LogP contribution >= 0.6 is 23.7 Å². The van der Waals surface area contributed by atoms with Crippen LogP contribution in [0, 0.1) is 0 Å². The monoisotopic (exact) mass is 421 g/mol. The average molecular weight is 422 g/mol. The van der Waals surface area contributed by atoms with Crippen LogP contribution in [-0.4, -0.2) is 56.7 Å². The minimum atomic E-state index is -0.126. The van der Waals surface area contributed by atoms with Gasteiger partial charge in [-0.2, -0.15) is 0 Å². The van der Waals surface area contributed by atoms with Crippen molar-refractivity contribution in [2.45, 2.75) is 0 Å². The van der Waals surface area contributed by atoms with E-state index in [0.717, 1.165) is 16.8 Å². The highest BCUT2D eigenvalue weighted by Crippen LogP contribution is 2.34. The van der Waals surface area contributed by atoms with Gasteiger partial charge < -0.3 is 14.4 Å². The Labute approximate surface area is 175 Å². The molecule has 1 aromatic heterocycles. The topological polar surface area (TPSA) is 54.9 Å². The maximum absolute atomic E-state index is 12.9. The number of carbonyl (C=O) groups excluding carboxylic acids is 1. The molecule has 0 aliphatic rings. The molecule has 0 aliphatic heterocycles. The Morgan fingerprint density at radius 3 is 2.50 bits per heavy atom. The highest BCUT2D eigenvalue weighted by molar-refractivity contribution is 7.22.